The van der Waals surface area contributed by atoms with Crippen LogP contribution in [0.25, 0.3) is 0 Å². The van der Waals surface area contributed by atoms with E-state index in [1.54, 1.807) is 36.4 Å². The first-order valence-electron chi connectivity index (χ1n) is 7.96. The molecule has 9 heteroatoms. The minimum atomic E-state index is -3.82. The van der Waals surface area contributed by atoms with Gasteiger partial charge < -0.3 is 14.8 Å². The zero-order valence-electron chi connectivity index (χ0n) is 15.4. The number of nitrogens with one attached hydrogen (secondary N) is 1. The first kappa shape index (κ1) is 20.9. The van der Waals surface area contributed by atoms with E-state index >= 15 is 0 Å². The van der Waals surface area contributed by atoms with Crippen molar-refractivity contribution in [1.82, 2.24) is 0 Å². The number of hydrogen-bond donors (Lipinski definition) is 1. The zero-order chi connectivity index (χ0) is 20.2. The fourth-order valence-corrected chi connectivity index (χ4v) is 3.90. The number of anilines is 2. The van der Waals surface area contributed by atoms with Crippen LogP contribution in [-0.2, 0) is 14.8 Å². The molecule has 0 unspecified atom stereocenters. The highest BCUT2D eigenvalue weighted by Crippen LogP contribution is 2.35. The number of amides is 1. The van der Waals surface area contributed by atoms with E-state index in [-0.39, 0.29) is 5.69 Å². The molecule has 27 heavy (non-hydrogen) atoms. The van der Waals surface area contributed by atoms with Gasteiger partial charge in [-0.15, -0.1) is 0 Å². The molecule has 1 amide bonds. The van der Waals surface area contributed by atoms with Gasteiger partial charge in [0.25, 0.3) is 0 Å². The highest BCUT2D eigenvalue weighted by atomic mass is 35.5. The molecular formula is C18H21ClN2O5S. The molecule has 2 aromatic carbocycles. The Bertz CT molecular complexity index is 933. The Morgan fingerprint density at radius 2 is 1.81 bits per heavy atom. The predicted octanol–water partition coefficient (Wildman–Crippen LogP) is 3.15. The van der Waals surface area contributed by atoms with Gasteiger partial charge in [-0.1, -0.05) is 23.7 Å². The average Bonchev–Trinajstić information content (AvgIpc) is 2.62. The first-order valence-corrected chi connectivity index (χ1v) is 10.2. The van der Waals surface area contributed by atoms with Crippen molar-refractivity contribution in [2.75, 3.05) is 30.1 Å². The van der Waals surface area contributed by atoms with Crippen molar-refractivity contribution in [2.24, 2.45) is 0 Å². The lowest BCUT2D eigenvalue weighted by atomic mass is 10.2. The number of carbonyl (C=O) groups excluding carboxylic acids is 1. The number of rotatable bonds is 7. The monoisotopic (exact) mass is 412 g/mol. The van der Waals surface area contributed by atoms with Crippen molar-refractivity contribution in [3.63, 3.8) is 0 Å². The third kappa shape index (κ3) is 4.84. The van der Waals surface area contributed by atoms with Crippen molar-refractivity contribution in [1.29, 1.82) is 0 Å². The molecule has 146 valence electrons. The molecule has 2 aromatic rings. The molecule has 0 heterocycles. The van der Waals surface area contributed by atoms with E-state index in [9.17, 15) is 13.2 Å². The lowest BCUT2D eigenvalue weighted by Gasteiger charge is -2.29. The van der Waals surface area contributed by atoms with Gasteiger partial charge >= 0.3 is 0 Å². The van der Waals surface area contributed by atoms with Crippen LogP contribution in [0.15, 0.2) is 42.5 Å². The number of hydrogen-bond acceptors (Lipinski definition) is 5. The summed E-state index contributed by atoms with van der Waals surface area (Å²) in [5, 5.41) is 3.00. The van der Waals surface area contributed by atoms with Gasteiger partial charge in [-0.25, -0.2) is 8.42 Å². The summed E-state index contributed by atoms with van der Waals surface area (Å²) in [4.78, 5) is 12.7. The molecule has 0 radical (unpaired) electrons. The average molecular weight is 413 g/mol. The second-order valence-electron chi connectivity index (χ2n) is 5.74. The molecule has 7 nitrogen and oxygen atoms in total. The van der Waals surface area contributed by atoms with Crippen LogP contribution in [0.2, 0.25) is 5.02 Å². The van der Waals surface area contributed by atoms with Crippen LogP contribution in [-0.4, -0.2) is 40.8 Å². The standard InChI is InChI=1S/C18H21ClN2O5S/c1-12(18(22)20-15-8-6-5-7-14(15)19)21(27(4,23)24)16-11-13(25-2)9-10-17(16)26-3/h5-12H,1-4H3,(H,20,22)/t12-/m0/s1. The van der Waals surface area contributed by atoms with Crippen LogP contribution in [0.1, 0.15) is 6.92 Å². The van der Waals surface area contributed by atoms with Gasteiger partial charge in [0.1, 0.15) is 17.5 Å². The van der Waals surface area contributed by atoms with Gasteiger partial charge in [0.05, 0.1) is 36.9 Å². The van der Waals surface area contributed by atoms with Crippen LogP contribution >= 0.6 is 11.6 Å². The van der Waals surface area contributed by atoms with Crippen LogP contribution in [0.3, 0.4) is 0 Å². The fourth-order valence-electron chi connectivity index (χ4n) is 2.55. The maximum absolute atomic E-state index is 12.7. The number of methoxy groups -OCH3 is 2. The minimum Gasteiger partial charge on any atom is -0.497 e. The van der Waals surface area contributed by atoms with Crippen molar-refractivity contribution < 1.29 is 22.7 Å². The van der Waals surface area contributed by atoms with Crippen molar-refractivity contribution >= 4 is 38.9 Å². The molecule has 1 atom stereocenters. The van der Waals surface area contributed by atoms with Gasteiger partial charge in [-0.3, -0.25) is 9.10 Å². The van der Waals surface area contributed by atoms with Crippen molar-refractivity contribution in [3.05, 3.63) is 47.5 Å². The van der Waals surface area contributed by atoms with E-state index < -0.39 is 22.0 Å². The highest BCUT2D eigenvalue weighted by molar-refractivity contribution is 7.92. The third-order valence-corrected chi connectivity index (χ3v) is 5.40. The van der Waals surface area contributed by atoms with Crippen LogP contribution in [0.5, 0.6) is 11.5 Å². The third-order valence-electron chi connectivity index (χ3n) is 3.84. The maximum atomic E-state index is 12.7. The Hall–Kier alpha value is -2.45. The van der Waals surface area contributed by atoms with Gasteiger partial charge in [0.2, 0.25) is 15.9 Å². The number of ether oxygens (including phenoxy) is 2. The van der Waals surface area contributed by atoms with E-state index in [1.807, 2.05) is 0 Å². The number of halogens is 1. The normalized spacial score (nSPS) is 12.2. The summed E-state index contributed by atoms with van der Waals surface area (Å²) >= 11 is 6.06. The number of nitrogens with zero attached hydrogens (tertiary/aromatic N) is 1. The molecule has 0 bridgehead atoms. The van der Waals surface area contributed by atoms with Crippen molar-refractivity contribution in [3.8, 4) is 11.5 Å². The molecule has 0 spiro atoms. The molecule has 0 aliphatic heterocycles. The number of carbonyl (C=O) groups is 1. The van der Waals surface area contributed by atoms with E-state index in [1.165, 1.54) is 27.2 Å². The van der Waals surface area contributed by atoms with E-state index in [0.717, 1.165) is 10.6 Å². The summed E-state index contributed by atoms with van der Waals surface area (Å²) in [5.41, 5.74) is 0.586. The lowest BCUT2D eigenvalue weighted by molar-refractivity contribution is -0.116. The molecule has 1 N–H and O–H groups in total. The molecule has 0 aromatic heterocycles. The van der Waals surface area contributed by atoms with Gasteiger partial charge in [-0.05, 0) is 31.2 Å². The molecule has 0 fully saturated rings. The van der Waals surface area contributed by atoms with Gasteiger partial charge in [-0.2, -0.15) is 0 Å². The first-order chi connectivity index (χ1) is 12.7. The molecule has 2 rings (SSSR count). The number of para-hydroxylation sites is 1. The molecular weight excluding hydrogens is 392 g/mol. The predicted molar refractivity (Wildman–Crippen MR) is 106 cm³/mol. The van der Waals surface area contributed by atoms with Crippen LogP contribution < -0.4 is 19.1 Å². The number of benzene rings is 2. The van der Waals surface area contributed by atoms with Crippen LogP contribution in [0, 0.1) is 0 Å². The Morgan fingerprint density at radius 1 is 1.15 bits per heavy atom. The highest BCUT2D eigenvalue weighted by Gasteiger charge is 2.32. The largest absolute Gasteiger partial charge is 0.497 e. The summed E-state index contributed by atoms with van der Waals surface area (Å²) in [7, 11) is -0.939. The summed E-state index contributed by atoms with van der Waals surface area (Å²) < 4.78 is 36.4. The van der Waals surface area contributed by atoms with E-state index in [2.05, 4.69) is 5.32 Å². The second kappa shape index (κ2) is 8.49. The lowest BCUT2D eigenvalue weighted by Crippen LogP contribution is -2.45. The van der Waals surface area contributed by atoms with Gasteiger partial charge in [0, 0.05) is 6.07 Å². The molecule has 0 aliphatic rings. The fraction of sp³-hybridized carbons (Fsp3) is 0.278. The second-order valence-corrected chi connectivity index (χ2v) is 8.01. The topological polar surface area (TPSA) is 84.9 Å². The number of sulfonamides is 1. The summed E-state index contributed by atoms with van der Waals surface area (Å²) in [6.07, 6.45) is 1.02. The van der Waals surface area contributed by atoms with Crippen LogP contribution in [0.4, 0.5) is 11.4 Å². The van der Waals surface area contributed by atoms with E-state index in [0.29, 0.717) is 22.2 Å². The maximum Gasteiger partial charge on any atom is 0.248 e. The minimum absolute atomic E-state index is 0.196. The Labute approximate surface area is 163 Å². The SMILES string of the molecule is COc1ccc(OC)c(N([C@@H](C)C(=O)Nc2ccccc2Cl)S(C)(=O)=O)c1. The Balaban J connectivity index is 2.45. The molecule has 0 saturated heterocycles. The van der Waals surface area contributed by atoms with Crippen molar-refractivity contribution in [2.45, 2.75) is 13.0 Å². The zero-order valence-corrected chi connectivity index (χ0v) is 17.0. The molecule has 0 aliphatic carbocycles. The van der Waals surface area contributed by atoms with E-state index in [4.69, 9.17) is 21.1 Å². The quantitative estimate of drug-likeness (QED) is 0.755. The molecule has 0 saturated carbocycles. The Morgan fingerprint density at radius 3 is 2.37 bits per heavy atom. The summed E-state index contributed by atoms with van der Waals surface area (Å²) in [5.74, 6) is 0.176. The summed E-state index contributed by atoms with van der Waals surface area (Å²) in [6.45, 7) is 1.48. The van der Waals surface area contributed by atoms with Gasteiger partial charge in [0.15, 0.2) is 0 Å². The Kier molecular flexibility index (Phi) is 6.56. The smallest absolute Gasteiger partial charge is 0.248 e. The summed E-state index contributed by atoms with van der Waals surface area (Å²) in [6, 6.07) is 10.3.